The number of carbonyl (C=O) groups is 1. The summed E-state index contributed by atoms with van der Waals surface area (Å²) in [4.78, 5) is 25.9. The molecule has 1 aromatic heterocycles. The van der Waals surface area contributed by atoms with Crippen molar-refractivity contribution in [1.82, 2.24) is 19.8 Å². The number of likely N-dealkylation sites (N-methyl/N-ethyl adjacent to an activating group) is 1. The topological polar surface area (TPSA) is 49.3 Å². The minimum Gasteiger partial charge on any atom is -0.337 e. The highest BCUT2D eigenvalue weighted by Crippen LogP contribution is 2.26. The fraction of sp³-hybridized carbons (Fsp3) is 0.706. The smallest absolute Gasteiger partial charge is 0.257 e. The quantitative estimate of drug-likeness (QED) is 0.856. The van der Waals surface area contributed by atoms with Gasteiger partial charge in [-0.25, -0.2) is 9.97 Å². The van der Waals surface area contributed by atoms with Crippen LogP contribution in [0.2, 0.25) is 0 Å². The van der Waals surface area contributed by atoms with Crippen LogP contribution in [-0.4, -0.2) is 58.9 Å². The van der Waals surface area contributed by atoms with Crippen LogP contribution in [0.4, 0.5) is 0 Å². The average Bonchev–Trinajstić information content (AvgIpc) is 2.90. The summed E-state index contributed by atoms with van der Waals surface area (Å²) in [6.45, 7) is 9.81. The molecule has 2 atom stereocenters. The maximum Gasteiger partial charge on any atom is 0.257 e. The van der Waals surface area contributed by atoms with E-state index in [1.807, 2.05) is 11.8 Å². The minimum absolute atomic E-state index is 0.0755. The van der Waals surface area contributed by atoms with Gasteiger partial charge in [-0.05, 0) is 32.9 Å². The summed E-state index contributed by atoms with van der Waals surface area (Å²) in [5.74, 6) is 1.55. The van der Waals surface area contributed by atoms with Gasteiger partial charge in [-0.1, -0.05) is 27.2 Å². The summed E-state index contributed by atoms with van der Waals surface area (Å²) in [6.07, 6.45) is 2.79. The Bertz CT molecular complexity index is 541. The Labute approximate surface area is 133 Å². The van der Waals surface area contributed by atoms with Crippen LogP contribution in [0.15, 0.2) is 6.20 Å². The monoisotopic (exact) mass is 304 g/mol. The van der Waals surface area contributed by atoms with Gasteiger partial charge in [0.2, 0.25) is 0 Å². The molecule has 0 unspecified atom stereocenters. The Balaban J connectivity index is 2.26. The lowest BCUT2D eigenvalue weighted by Gasteiger charge is -2.24. The van der Waals surface area contributed by atoms with E-state index in [2.05, 4.69) is 49.7 Å². The molecular formula is C17H28N4O. The van der Waals surface area contributed by atoms with Crippen molar-refractivity contribution in [2.24, 2.45) is 5.92 Å². The molecule has 5 nitrogen and oxygen atoms in total. The van der Waals surface area contributed by atoms with E-state index in [9.17, 15) is 4.79 Å². The highest BCUT2D eigenvalue weighted by Gasteiger charge is 2.36. The Kier molecular flexibility index (Phi) is 5.16. The molecule has 0 radical (unpaired) electrons. The van der Waals surface area contributed by atoms with E-state index in [0.717, 1.165) is 31.0 Å². The number of amides is 1. The lowest BCUT2D eigenvalue weighted by Crippen LogP contribution is -2.36. The Morgan fingerprint density at radius 2 is 2.09 bits per heavy atom. The zero-order chi connectivity index (χ0) is 16.4. The summed E-state index contributed by atoms with van der Waals surface area (Å²) < 4.78 is 0. The van der Waals surface area contributed by atoms with Gasteiger partial charge in [0.25, 0.3) is 5.91 Å². The maximum absolute atomic E-state index is 12.9. The predicted octanol–water partition coefficient (Wildman–Crippen LogP) is 2.32. The molecular weight excluding hydrogens is 276 g/mol. The molecule has 0 N–H and O–H groups in total. The molecule has 0 aliphatic carbocycles. The van der Waals surface area contributed by atoms with Crippen molar-refractivity contribution in [2.75, 3.05) is 27.2 Å². The second-order valence-corrected chi connectivity index (χ2v) is 6.78. The normalized spacial score (nSPS) is 21.9. The maximum atomic E-state index is 12.9. The highest BCUT2D eigenvalue weighted by molar-refractivity contribution is 5.95. The van der Waals surface area contributed by atoms with E-state index in [4.69, 9.17) is 0 Å². The highest BCUT2D eigenvalue weighted by atomic mass is 16.2. The van der Waals surface area contributed by atoms with E-state index in [1.165, 1.54) is 0 Å². The van der Waals surface area contributed by atoms with Gasteiger partial charge in [-0.3, -0.25) is 4.79 Å². The van der Waals surface area contributed by atoms with E-state index in [1.54, 1.807) is 6.20 Å². The van der Waals surface area contributed by atoms with Crippen molar-refractivity contribution < 1.29 is 4.79 Å². The molecule has 22 heavy (non-hydrogen) atoms. The molecule has 1 fully saturated rings. The summed E-state index contributed by atoms with van der Waals surface area (Å²) in [7, 11) is 4.19. The number of carbonyl (C=O) groups excluding carboxylic acids is 1. The lowest BCUT2D eigenvalue weighted by molar-refractivity contribution is 0.0778. The van der Waals surface area contributed by atoms with Crippen molar-refractivity contribution in [3.63, 3.8) is 0 Å². The van der Waals surface area contributed by atoms with Crippen molar-refractivity contribution in [3.8, 4) is 0 Å². The van der Waals surface area contributed by atoms with E-state index >= 15 is 0 Å². The zero-order valence-electron chi connectivity index (χ0n) is 14.6. The Morgan fingerprint density at radius 1 is 1.41 bits per heavy atom. The molecule has 122 valence electrons. The molecule has 2 rings (SSSR count). The van der Waals surface area contributed by atoms with Gasteiger partial charge in [-0.15, -0.1) is 0 Å². The molecule has 5 heteroatoms. The molecule has 1 saturated heterocycles. The number of rotatable bonds is 4. The molecule has 1 amide bonds. The molecule has 1 aliphatic heterocycles. The second-order valence-electron chi connectivity index (χ2n) is 6.78. The molecule has 0 spiro atoms. The van der Waals surface area contributed by atoms with E-state index < -0.39 is 0 Å². The van der Waals surface area contributed by atoms with Gasteiger partial charge >= 0.3 is 0 Å². The lowest BCUT2D eigenvalue weighted by atomic mass is 10.0. The third kappa shape index (κ3) is 3.29. The van der Waals surface area contributed by atoms with Crippen LogP contribution in [0.5, 0.6) is 0 Å². The number of aromatic nitrogens is 2. The predicted molar refractivity (Wildman–Crippen MR) is 88.0 cm³/mol. The number of hydrogen-bond donors (Lipinski definition) is 0. The molecule has 0 bridgehead atoms. The van der Waals surface area contributed by atoms with E-state index in [0.29, 0.717) is 17.5 Å². The first-order valence-corrected chi connectivity index (χ1v) is 8.14. The largest absolute Gasteiger partial charge is 0.337 e. The van der Waals surface area contributed by atoms with Crippen molar-refractivity contribution in [2.45, 2.75) is 46.1 Å². The van der Waals surface area contributed by atoms with Crippen molar-refractivity contribution >= 4 is 5.91 Å². The number of hydrogen-bond acceptors (Lipinski definition) is 4. The molecule has 0 saturated carbocycles. The van der Waals surface area contributed by atoms with E-state index in [-0.39, 0.29) is 11.8 Å². The third-order valence-corrected chi connectivity index (χ3v) is 4.60. The molecule has 1 aliphatic rings. The van der Waals surface area contributed by atoms with Crippen LogP contribution in [0.1, 0.15) is 55.0 Å². The SMILES string of the molecule is CC[C@@H]1CN(C(=O)c2cnc(C)nc2C(C)C)C[C@@H]1N(C)C. The fourth-order valence-electron chi connectivity index (χ4n) is 3.27. The molecule has 0 aromatic carbocycles. The Hall–Kier alpha value is -1.49. The van der Waals surface area contributed by atoms with Crippen molar-refractivity contribution in [3.05, 3.63) is 23.3 Å². The number of aryl methyl sites for hydroxylation is 1. The van der Waals surface area contributed by atoms with Crippen molar-refractivity contribution in [1.29, 1.82) is 0 Å². The summed E-state index contributed by atoms with van der Waals surface area (Å²) in [5, 5.41) is 0. The first-order valence-electron chi connectivity index (χ1n) is 8.14. The first kappa shape index (κ1) is 16.9. The van der Waals surface area contributed by atoms with Gasteiger partial charge in [0.1, 0.15) is 5.82 Å². The third-order valence-electron chi connectivity index (χ3n) is 4.60. The van der Waals surface area contributed by atoms with Gasteiger partial charge in [-0.2, -0.15) is 0 Å². The second kappa shape index (κ2) is 6.73. The Morgan fingerprint density at radius 3 is 2.59 bits per heavy atom. The van der Waals surface area contributed by atoms with Gasteiger partial charge in [0.05, 0.1) is 11.3 Å². The summed E-state index contributed by atoms with van der Waals surface area (Å²) >= 11 is 0. The number of nitrogens with zero attached hydrogens (tertiary/aromatic N) is 4. The standard InChI is InChI=1S/C17H28N4O/c1-7-13-9-21(10-15(13)20(5)6)17(22)14-8-18-12(4)19-16(14)11(2)3/h8,11,13,15H,7,9-10H2,1-6H3/t13-,15+/m1/s1. The fourth-order valence-corrected chi connectivity index (χ4v) is 3.27. The van der Waals surface area contributed by atoms with Gasteiger partial charge in [0.15, 0.2) is 0 Å². The zero-order valence-corrected chi connectivity index (χ0v) is 14.6. The van der Waals surface area contributed by atoms with Crippen LogP contribution in [-0.2, 0) is 0 Å². The van der Waals surface area contributed by atoms with Crippen LogP contribution in [0, 0.1) is 12.8 Å². The molecule has 1 aromatic rings. The van der Waals surface area contributed by atoms with Crippen LogP contribution >= 0.6 is 0 Å². The van der Waals surface area contributed by atoms with Gasteiger partial charge in [0, 0.05) is 25.3 Å². The summed E-state index contributed by atoms with van der Waals surface area (Å²) in [5.41, 5.74) is 1.52. The average molecular weight is 304 g/mol. The summed E-state index contributed by atoms with van der Waals surface area (Å²) in [6, 6.07) is 0.433. The van der Waals surface area contributed by atoms with Crippen LogP contribution in [0.3, 0.4) is 0 Å². The molecule has 2 heterocycles. The van der Waals surface area contributed by atoms with Crippen LogP contribution in [0.25, 0.3) is 0 Å². The number of likely N-dealkylation sites (tertiary alicyclic amines) is 1. The van der Waals surface area contributed by atoms with Gasteiger partial charge < -0.3 is 9.80 Å². The first-order chi connectivity index (χ1) is 10.3. The minimum atomic E-state index is 0.0755. The van der Waals surface area contributed by atoms with Crippen LogP contribution < -0.4 is 0 Å².